The van der Waals surface area contributed by atoms with Gasteiger partial charge >= 0.3 is 11.9 Å². The molecule has 0 radical (unpaired) electrons. The van der Waals surface area contributed by atoms with Crippen LogP contribution in [0.4, 0.5) is 0 Å². The summed E-state index contributed by atoms with van der Waals surface area (Å²) < 4.78 is 0. The lowest BCUT2D eigenvalue weighted by Crippen LogP contribution is -2.43. The molecule has 0 spiro atoms. The van der Waals surface area contributed by atoms with Crippen LogP contribution in [-0.2, 0) is 9.59 Å². The Morgan fingerprint density at radius 1 is 1.00 bits per heavy atom. The van der Waals surface area contributed by atoms with E-state index in [9.17, 15) is 19.8 Å². The van der Waals surface area contributed by atoms with Crippen molar-refractivity contribution < 1.29 is 19.8 Å². The van der Waals surface area contributed by atoms with Crippen molar-refractivity contribution in [1.29, 1.82) is 0 Å². The van der Waals surface area contributed by atoms with Crippen LogP contribution in [0.1, 0.15) is 99.3 Å². The van der Waals surface area contributed by atoms with Crippen molar-refractivity contribution in [3.05, 3.63) is 11.6 Å². The fraction of sp³-hybridized carbons (Fsp3) is 0.833. The molecule has 2 N–H and O–H groups in total. The molecule has 0 aromatic rings. The summed E-state index contributed by atoms with van der Waals surface area (Å²) in [7, 11) is 0. The molecule has 0 saturated heterocycles. The number of allylic oxidation sites excluding steroid dienone is 1. The first-order chi connectivity index (χ1) is 13.1. The van der Waals surface area contributed by atoms with Crippen molar-refractivity contribution in [1.82, 2.24) is 0 Å². The molecule has 1 aliphatic carbocycles. The van der Waals surface area contributed by atoms with Crippen LogP contribution in [0.3, 0.4) is 0 Å². The molecule has 1 atom stereocenters. The number of aliphatic carboxylic acids is 2. The smallest absolute Gasteiger partial charge is 0.331 e. The Morgan fingerprint density at radius 2 is 1.54 bits per heavy atom. The van der Waals surface area contributed by atoms with Crippen LogP contribution < -0.4 is 0 Å². The highest BCUT2D eigenvalue weighted by Gasteiger charge is 2.46. The van der Waals surface area contributed by atoms with E-state index in [0.717, 1.165) is 51.4 Å². The monoisotopic (exact) mass is 394 g/mol. The van der Waals surface area contributed by atoms with E-state index in [1.54, 1.807) is 0 Å². The van der Waals surface area contributed by atoms with E-state index in [2.05, 4.69) is 41.5 Å². The normalized spacial score (nSPS) is 21.9. The van der Waals surface area contributed by atoms with Crippen molar-refractivity contribution in [3.8, 4) is 0 Å². The minimum atomic E-state index is -0.820. The molecular formula is C24H42O4. The number of rotatable bonds is 13. The van der Waals surface area contributed by atoms with Gasteiger partial charge in [0.25, 0.3) is 0 Å². The van der Waals surface area contributed by atoms with Crippen molar-refractivity contribution in [2.45, 2.75) is 99.3 Å². The molecule has 1 fully saturated rings. The third-order valence-corrected chi connectivity index (χ3v) is 7.96. The minimum Gasteiger partial charge on any atom is -0.481 e. The van der Waals surface area contributed by atoms with Gasteiger partial charge in [-0.15, -0.1) is 0 Å². The number of hydrogen-bond donors (Lipinski definition) is 2. The SMILES string of the molecule is CCC(C)(CC)CCCC(=CC1CC(C(C(=O)O)C(C)(CC)CC)C1)C(=O)O. The van der Waals surface area contributed by atoms with E-state index in [0.29, 0.717) is 17.4 Å². The van der Waals surface area contributed by atoms with Crippen LogP contribution in [0.5, 0.6) is 0 Å². The minimum absolute atomic E-state index is 0.155. The molecular weight excluding hydrogens is 352 g/mol. The summed E-state index contributed by atoms with van der Waals surface area (Å²) in [5, 5.41) is 19.4. The van der Waals surface area contributed by atoms with E-state index >= 15 is 0 Å². The molecule has 4 nitrogen and oxygen atoms in total. The third kappa shape index (κ3) is 6.09. The Hall–Kier alpha value is -1.32. The maximum atomic E-state index is 11.9. The van der Waals surface area contributed by atoms with Gasteiger partial charge in [-0.2, -0.15) is 0 Å². The predicted molar refractivity (Wildman–Crippen MR) is 114 cm³/mol. The quantitative estimate of drug-likeness (QED) is 0.347. The molecule has 1 saturated carbocycles. The summed E-state index contributed by atoms with van der Waals surface area (Å²) in [6, 6.07) is 0. The van der Waals surface area contributed by atoms with Crippen LogP contribution in [0.25, 0.3) is 0 Å². The fourth-order valence-electron chi connectivity index (χ4n) is 4.73. The van der Waals surface area contributed by atoms with E-state index in [1.807, 2.05) is 6.08 Å². The van der Waals surface area contributed by atoms with Gasteiger partial charge in [0.05, 0.1) is 5.92 Å². The number of carboxylic acids is 2. The highest BCUT2D eigenvalue weighted by molar-refractivity contribution is 5.86. The molecule has 0 amide bonds. The second-order valence-corrected chi connectivity index (χ2v) is 9.54. The summed E-state index contributed by atoms with van der Waals surface area (Å²) >= 11 is 0. The Kier molecular flexibility index (Phi) is 9.23. The maximum Gasteiger partial charge on any atom is 0.331 e. The first-order valence-corrected chi connectivity index (χ1v) is 11.2. The fourth-order valence-corrected chi connectivity index (χ4v) is 4.73. The second-order valence-electron chi connectivity index (χ2n) is 9.54. The molecule has 1 rings (SSSR count). The number of hydrogen-bond acceptors (Lipinski definition) is 2. The Bertz CT molecular complexity index is 549. The van der Waals surface area contributed by atoms with Gasteiger partial charge in [0.2, 0.25) is 0 Å². The van der Waals surface area contributed by atoms with E-state index in [4.69, 9.17) is 0 Å². The van der Waals surface area contributed by atoms with Crippen LogP contribution in [-0.4, -0.2) is 22.2 Å². The zero-order valence-electron chi connectivity index (χ0n) is 18.9. The lowest BCUT2D eigenvalue weighted by atomic mass is 9.58. The topological polar surface area (TPSA) is 74.6 Å². The average molecular weight is 395 g/mol. The molecule has 1 unspecified atom stereocenters. The predicted octanol–water partition coefficient (Wildman–Crippen LogP) is 6.55. The van der Waals surface area contributed by atoms with E-state index in [-0.39, 0.29) is 23.2 Å². The average Bonchev–Trinajstić information content (AvgIpc) is 2.63. The molecule has 0 aromatic carbocycles. The van der Waals surface area contributed by atoms with Crippen molar-refractivity contribution >= 4 is 11.9 Å². The first kappa shape index (κ1) is 24.7. The summed E-state index contributed by atoms with van der Waals surface area (Å²) in [4.78, 5) is 23.6. The molecule has 0 aliphatic heterocycles. The van der Waals surface area contributed by atoms with Gasteiger partial charge in [-0.1, -0.05) is 60.5 Å². The summed E-state index contributed by atoms with van der Waals surface area (Å²) in [5.41, 5.74) is 0.620. The van der Waals surface area contributed by atoms with E-state index < -0.39 is 11.9 Å². The third-order valence-electron chi connectivity index (χ3n) is 7.96. The highest BCUT2D eigenvalue weighted by Crippen LogP contribution is 2.49. The van der Waals surface area contributed by atoms with Crippen molar-refractivity contribution in [2.24, 2.45) is 28.6 Å². The lowest BCUT2D eigenvalue weighted by molar-refractivity contribution is -0.152. The molecule has 0 heterocycles. The lowest BCUT2D eigenvalue weighted by Gasteiger charge is -2.45. The Morgan fingerprint density at radius 3 is 1.93 bits per heavy atom. The van der Waals surface area contributed by atoms with Crippen LogP contribution in [0.15, 0.2) is 11.6 Å². The summed E-state index contributed by atoms with van der Waals surface area (Å²) in [6.45, 7) is 12.9. The van der Waals surface area contributed by atoms with Crippen LogP contribution in [0.2, 0.25) is 0 Å². The first-order valence-electron chi connectivity index (χ1n) is 11.2. The summed E-state index contributed by atoms with van der Waals surface area (Å²) in [5.74, 6) is -1.49. The van der Waals surface area contributed by atoms with Crippen LogP contribution in [0, 0.1) is 28.6 Å². The molecule has 162 valence electrons. The second kappa shape index (κ2) is 10.5. The van der Waals surface area contributed by atoms with Gasteiger partial charge in [0.15, 0.2) is 0 Å². The van der Waals surface area contributed by atoms with Crippen molar-refractivity contribution in [2.75, 3.05) is 0 Å². The zero-order chi connectivity index (χ0) is 21.5. The molecule has 0 aromatic heterocycles. The Labute approximate surface area is 171 Å². The Balaban J connectivity index is 2.72. The summed E-state index contributed by atoms with van der Waals surface area (Å²) in [6.07, 6.45) is 10.00. The maximum absolute atomic E-state index is 11.9. The molecule has 28 heavy (non-hydrogen) atoms. The van der Waals surface area contributed by atoms with Gasteiger partial charge in [0, 0.05) is 5.57 Å². The zero-order valence-corrected chi connectivity index (χ0v) is 18.9. The van der Waals surface area contributed by atoms with Gasteiger partial charge in [-0.3, -0.25) is 4.79 Å². The van der Waals surface area contributed by atoms with Gasteiger partial charge in [-0.05, 0) is 67.6 Å². The van der Waals surface area contributed by atoms with Gasteiger partial charge in [-0.25, -0.2) is 4.79 Å². The van der Waals surface area contributed by atoms with Crippen molar-refractivity contribution in [3.63, 3.8) is 0 Å². The molecule has 1 aliphatic rings. The largest absolute Gasteiger partial charge is 0.481 e. The number of carboxylic acid groups (broad SMARTS) is 2. The van der Waals surface area contributed by atoms with Crippen LogP contribution >= 0.6 is 0 Å². The van der Waals surface area contributed by atoms with E-state index in [1.165, 1.54) is 0 Å². The van der Waals surface area contributed by atoms with Gasteiger partial charge < -0.3 is 10.2 Å². The standard InChI is InChI=1S/C24H42O4/c1-7-23(5,8-2)13-11-12-18(21(25)26)14-17-15-19(16-17)20(22(27)28)24(6,9-3)10-4/h14,17,19-20H,7-13,15-16H2,1-6H3,(H,25,26)(H,27,28). The van der Waals surface area contributed by atoms with Gasteiger partial charge in [0.1, 0.15) is 0 Å². The molecule has 4 heteroatoms. The molecule has 0 bridgehead atoms. The highest BCUT2D eigenvalue weighted by atomic mass is 16.4. The number of carbonyl (C=O) groups is 2.